The number of carboxylic acids is 1. The highest BCUT2D eigenvalue weighted by molar-refractivity contribution is 7.17. The standard InChI is InChI=1S/C23H20N2O4S/c1-15-24-21-20(19(14-30-21)16-6-3-2-4-7-16)22(26)25(15)12-5-13-29-18-10-8-17(9-11-18)23(27)28/h2-4,6-11,14H,5,12-13H2,1H3,(H,27,28). The van der Waals surface area contributed by atoms with Gasteiger partial charge in [0.2, 0.25) is 0 Å². The minimum Gasteiger partial charge on any atom is -0.494 e. The molecule has 4 aromatic rings. The summed E-state index contributed by atoms with van der Waals surface area (Å²) in [5, 5.41) is 11.6. The molecule has 0 aliphatic carbocycles. The maximum Gasteiger partial charge on any atom is 0.335 e. The van der Waals surface area contributed by atoms with Crippen molar-refractivity contribution in [3.8, 4) is 16.9 Å². The summed E-state index contributed by atoms with van der Waals surface area (Å²) < 4.78 is 7.37. The Labute approximate surface area is 177 Å². The predicted octanol–water partition coefficient (Wildman–Crippen LogP) is 4.60. The molecule has 0 saturated carbocycles. The van der Waals surface area contributed by atoms with E-state index >= 15 is 0 Å². The van der Waals surface area contributed by atoms with Crippen LogP contribution in [0.5, 0.6) is 5.75 Å². The topological polar surface area (TPSA) is 81.4 Å². The molecule has 2 heterocycles. The zero-order valence-electron chi connectivity index (χ0n) is 16.4. The summed E-state index contributed by atoms with van der Waals surface area (Å²) in [6.45, 7) is 2.74. The predicted molar refractivity (Wildman–Crippen MR) is 118 cm³/mol. The van der Waals surface area contributed by atoms with Crippen LogP contribution in [0.1, 0.15) is 22.6 Å². The Morgan fingerprint density at radius 3 is 2.57 bits per heavy atom. The molecule has 0 fully saturated rings. The number of nitrogens with zero attached hydrogens (tertiary/aromatic N) is 2. The van der Waals surface area contributed by atoms with Crippen molar-refractivity contribution in [3.05, 3.63) is 81.7 Å². The number of hydrogen-bond acceptors (Lipinski definition) is 5. The zero-order valence-corrected chi connectivity index (χ0v) is 17.2. The molecule has 0 aliphatic rings. The first kappa shape index (κ1) is 19.8. The van der Waals surface area contributed by atoms with E-state index in [-0.39, 0.29) is 11.1 Å². The minimum absolute atomic E-state index is 0.0385. The van der Waals surface area contributed by atoms with Crippen LogP contribution in [0.3, 0.4) is 0 Å². The van der Waals surface area contributed by atoms with E-state index in [9.17, 15) is 9.59 Å². The summed E-state index contributed by atoms with van der Waals surface area (Å²) in [4.78, 5) is 29.5. The lowest BCUT2D eigenvalue weighted by atomic mass is 10.1. The van der Waals surface area contributed by atoms with Gasteiger partial charge in [0.15, 0.2) is 0 Å². The molecule has 0 unspecified atom stereocenters. The number of aryl methyl sites for hydroxylation is 1. The van der Waals surface area contributed by atoms with E-state index in [0.717, 1.165) is 16.0 Å². The molecule has 6 nitrogen and oxygen atoms in total. The van der Waals surface area contributed by atoms with Gasteiger partial charge in [-0.25, -0.2) is 9.78 Å². The molecule has 152 valence electrons. The quantitative estimate of drug-likeness (QED) is 0.442. The van der Waals surface area contributed by atoms with Crippen LogP contribution in [0.2, 0.25) is 0 Å². The number of aromatic nitrogens is 2. The number of ether oxygens (including phenoxy) is 1. The Balaban J connectivity index is 1.50. The molecular weight excluding hydrogens is 400 g/mol. The van der Waals surface area contributed by atoms with Crippen molar-refractivity contribution in [2.75, 3.05) is 6.61 Å². The zero-order chi connectivity index (χ0) is 21.1. The molecule has 4 rings (SSSR count). The number of rotatable bonds is 7. The first-order chi connectivity index (χ1) is 14.5. The van der Waals surface area contributed by atoms with Gasteiger partial charge < -0.3 is 9.84 Å². The van der Waals surface area contributed by atoms with E-state index in [2.05, 4.69) is 4.98 Å². The number of aromatic carboxylic acids is 1. The van der Waals surface area contributed by atoms with E-state index in [4.69, 9.17) is 9.84 Å². The first-order valence-corrected chi connectivity index (χ1v) is 10.4. The average Bonchev–Trinajstić information content (AvgIpc) is 3.18. The highest BCUT2D eigenvalue weighted by Crippen LogP contribution is 2.30. The number of hydrogen-bond donors (Lipinski definition) is 1. The van der Waals surface area contributed by atoms with Gasteiger partial charge in [-0.1, -0.05) is 30.3 Å². The third kappa shape index (κ3) is 3.97. The molecule has 0 radical (unpaired) electrons. The van der Waals surface area contributed by atoms with Crippen LogP contribution in [-0.4, -0.2) is 27.2 Å². The van der Waals surface area contributed by atoms with Gasteiger partial charge >= 0.3 is 5.97 Å². The number of fused-ring (bicyclic) bond motifs is 1. The number of benzene rings is 2. The fourth-order valence-electron chi connectivity index (χ4n) is 3.33. The van der Waals surface area contributed by atoms with Gasteiger partial charge in [0.25, 0.3) is 5.56 Å². The van der Waals surface area contributed by atoms with Crippen molar-refractivity contribution >= 4 is 27.5 Å². The SMILES string of the molecule is Cc1nc2scc(-c3ccccc3)c2c(=O)n1CCCOc1ccc(C(=O)O)cc1. The Morgan fingerprint density at radius 1 is 1.13 bits per heavy atom. The molecule has 0 atom stereocenters. The molecule has 0 aliphatic heterocycles. The van der Waals surface area contributed by atoms with Crippen LogP contribution in [0.15, 0.2) is 64.8 Å². The Morgan fingerprint density at radius 2 is 1.87 bits per heavy atom. The van der Waals surface area contributed by atoms with Crippen LogP contribution in [0.25, 0.3) is 21.3 Å². The Kier molecular flexibility index (Phi) is 5.63. The number of carbonyl (C=O) groups is 1. The Hall–Kier alpha value is -3.45. The summed E-state index contributed by atoms with van der Waals surface area (Å²) in [6, 6.07) is 16.1. The van der Waals surface area contributed by atoms with Crippen molar-refractivity contribution in [1.82, 2.24) is 9.55 Å². The van der Waals surface area contributed by atoms with Crippen LogP contribution in [-0.2, 0) is 6.54 Å². The van der Waals surface area contributed by atoms with Crippen molar-refractivity contribution < 1.29 is 14.6 Å². The fraction of sp³-hybridized carbons (Fsp3) is 0.174. The van der Waals surface area contributed by atoms with E-state index in [1.807, 2.05) is 42.6 Å². The van der Waals surface area contributed by atoms with E-state index in [1.165, 1.54) is 23.5 Å². The lowest BCUT2D eigenvalue weighted by Gasteiger charge is -2.11. The second-order valence-corrected chi connectivity index (χ2v) is 7.70. The average molecular weight is 420 g/mol. The number of thiophene rings is 1. The summed E-state index contributed by atoms with van der Waals surface area (Å²) in [5.74, 6) is 0.309. The summed E-state index contributed by atoms with van der Waals surface area (Å²) in [5.41, 5.74) is 2.10. The summed E-state index contributed by atoms with van der Waals surface area (Å²) in [7, 11) is 0. The monoisotopic (exact) mass is 420 g/mol. The highest BCUT2D eigenvalue weighted by Gasteiger charge is 2.15. The van der Waals surface area contributed by atoms with Gasteiger partial charge in [-0.2, -0.15) is 0 Å². The Bertz CT molecular complexity index is 1240. The number of carboxylic acid groups (broad SMARTS) is 1. The van der Waals surface area contributed by atoms with Gasteiger partial charge in [-0.05, 0) is 43.2 Å². The third-order valence-corrected chi connectivity index (χ3v) is 5.74. The van der Waals surface area contributed by atoms with Gasteiger partial charge in [-0.15, -0.1) is 11.3 Å². The van der Waals surface area contributed by atoms with Crippen molar-refractivity contribution in [1.29, 1.82) is 0 Å². The van der Waals surface area contributed by atoms with Crippen LogP contribution < -0.4 is 10.3 Å². The maximum absolute atomic E-state index is 13.2. The smallest absolute Gasteiger partial charge is 0.335 e. The van der Waals surface area contributed by atoms with E-state index < -0.39 is 5.97 Å². The van der Waals surface area contributed by atoms with Crippen molar-refractivity contribution in [2.45, 2.75) is 19.9 Å². The molecule has 0 bridgehead atoms. The summed E-state index contributed by atoms with van der Waals surface area (Å²) >= 11 is 1.48. The van der Waals surface area contributed by atoms with Gasteiger partial charge in [0.1, 0.15) is 16.4 Å². The van der Waals surface area contributed by atoms with E-state index in [0.29, 0.717) is 36.5 Å². The maximum atomic E-state index is 13.2. The normalized spacial score (nSPS) is 11.0. The summed E-state index contributed by atoms with van der Waals surface area (Å²) in [6.07, 6.45) is 0.624. The molecule has 2 aromatic heterocycles. The van der Waals surface area contributed by atoms with Gasteiger partial charge in [0, 0.05) is 17.5 Å². The highest BCUT2D eigenvalue weighted by atomic mass is 32.1. The second kappa shape index (κ2) is 8.51. The van der Waals surface area contributed by atoms with Crippen molar-refractivity contribution in [2.24, 2.45) is 0 Å². The largest absolute Gasteiger partial charge is 0.494 e. The molecule has 0 saturated heterocycles. The van der Waals surface area contributed by atoms with Crippen molar-refractivity contribution in [3.63, 3.8) is 0 Å². The van der Waals surface area contributed by atoms with Crippen LogP contribution in [0, 0.1) is 6.92 Å². The first-order valence-electron chi connectivity index (χ1n) is 9.55. The molecule has 30 heavy (non-hydrogen) atoms. The minimum atomic E-state index is -0.970. The molecule has 2 aromatic carbocycles. The van der Waals surface area contributed by atoms with E-state index in [1.54, 1.807) is 16.7 Å². The van der Waals surface area contributed by atoms with Crippen LogP contribution >= 0.6 is 11.3 Å². The fourth-order valence-corrected chi connectivity index (χ4v) is 4.31. The lowest BCUT2D eigenvalue weighted by molar-refractivity contribution is 0.0697. The lowest BCUT2D eigenvalue weighted by Crippen LogP contribution is -2.24. The molecule has 1 N–H and O–H groups in total. The molecule has 7 heteroatoms. The molecule has 0 spiro atoms. The van der Waals surface area contributed by atoms with Crippen LogP contribution in [0.4, 0.5) is 0 Å². The second-order valence-electron chi connectivity index (χ2n) is 6.84. The molecule has 0 amide bonds. The third-order valence-electron chi connectivity index (χ3n) is 4.87. The molecular formula is C23H20N2O4S. The van der Waals surface area contributed by atoms with Gasteiger partial charge in [-0.3, -0.25) is 9.36 Å². The van der Waals surface area contributed by atoms with Gasteiger partial charge in [0.05, 0.1) is 17.6 Å².